The third-order valence-corrected chi connectivity index (χ3v) is 3.18. The second kappa shape index (κ2) is 4.25. The van der Waals surface area contributed by atoms with Crippen molar-refractivity contribution in [3.63, 3.8) is 0 Å². The van der Waals surface area contributed by atoms with Crippen LogP contribution < -0.4 is 5.32 Å². The van der Waals surface area contributed by atoms with Crippen molar-refractivity contribution in [2.75, 3.05) is 11.9 Å². The first kappa shape index (κ1) is 12.3. The monoisotopic (exact) mass is 251 g/mol. The topological polar surface area (TPSA) is 105 Å². The van der Waals surface area contributed by atoms with Gasteiger partial charge in [0.05, 0.1) is 10.3 Å². The number of hydrogen-bond donors (Lipinski definition) is 2. The van der Waals surface area contributed by atoms with Crippen LogP contribution in [0.3, 0.4) is 0 Å². The van der Waals surface area contributed by atoms with Gasteiger partial charge in [-0.25, -0.2) is 4.98 Å². The summed E-state index contributed by atoms with van der Waals surface area (Å²) in [5, 5.41) is 22.5. The van der Waals surface area contributed by atoms with Gasteiger partial charge in [-0.3, -0.25) is 14.9 Å². The molecule has 0 atom stereocenters. The van der Waals surface area contributed by atoms with E-state index in [0.29, 0.717) is 30.8 Å². The highest BCUT2D eigenvalue weighted by Crippen LogP contribution is 2.45. The van der Waals surface area contributed by atoms with E-state index in [0.717, 1.165) is 6.20 Å². The number of hydrogen-bond acceptors (Lipinski definition) is 5. The molecule has 7 nitrogen and oxygen atoms in total. The lowest BCUT2D eigenvalue weighted by Crippen LogP contribution is -2.24. The molecule has 0 radical (unpaired) electrons. The maximum absolute atomic E-state index is 11.0. The normalized spacial score (nSPS) is 16.1. The number of nitrogens with one attached hydrogen (secondary N) is 1. The van der Waals surface area contributed by atoms with Crippen molar-refractivity contribution < 1.29 is 14.8 Å². The molecule has 96 valence electrons. The fourth-order valence-corrected chi connectivity index (χ4v) is 1.71. The van der Waals surface area contributed by atoms with E-state index in [1.54, 1.807) is 6.92 Å². The summed E-state index contributed by atoms with van der Waals surface area (Å²) in [5.41, 5.74) is -0.126. The number of nitro groups is 1. The Kier molecular flexibility index (Phi) is 2.90. The summed E-state index contributed by atoms with van der Waals surface area (Å²) in [6.07, 6.45) is 2.47. The Hall–Kier alpha value is -2.18. The van der Waals surface area contributed by atoms with Gasteiger partial charge in [0.25, 0.3) is 5.69 Å². The first-order chi connectivity index (χ1) is 8.44. The molecule has 0 saturated heterocycles. The van der Waals surface area contributed by atoms with Crippen molar-refractivity contribution in [1.82, 2.24) is 4.98 Å². The summed E-state index contributed by atoms with van der Waals surface area (Å²) >= 11 is 0. The van der Waals surface area contributed by atoms with Crippen molar-refractivity contribution in [3.05, 3.63) is 27.9 Å². The van der Waals surface area contributed by atoms with E-state index in [4.69, 9.17) is 5.11 Å². The van der Waals surface area contributed by atoms with E-state index in [1.807, 2.05) is 0 Å². The van der Waals surface area contributed by atoms with Crippen LogP contribution in [0, 0.1) is 22.5 Å². The van der Waals surface area contributed by atoms with Crippen LogP contribution in [-0.2, 0) is 4.79 Å². The van der Waals surface area contributed by atoms with Gasteiger partial charge < -0.3 is 10.4 Å². The molecule has 7 heteroatoms. The van der Waals surface area contributed by atoms with Gasteiger partial charge in [-0.05, 0) is 25.3 Å². The first-order valence-electron chi connectivity index (χ1n) is 5.53. The van der Waals surface area contributed by atoms with Gasteiger partial charge in [0.15, 0.2) is 0 Å². The molecule has 2 rings (SSSR count). The maximum Gasteiger partial charge on any atom is 0.311 e. The number of carboxylic acids is 1. The predicted octanol–water partition coefficient (Wildman–Crippen LogP) is 1.57. The van der Waals surface area contributed by atoms with Crippen LogP contribution in [0.25, 0.3) is 0 Å². The Morgan fingerprint density at radius 1 is 1.67 bits per heavy atom. The van der Waals surface area contributed by atoms with Gasteiger partial charge in [0, 0.05) is 12.6 Å². The molecule has 0 aromatic carbocycles. The molecule has 1 heterocycles. The van der Waals surface area contributed by atoms with E-state index in [2.05, 4.69) is 10.3 Å². The van der Waals surface area contributed by atoms with Crippen LogP contribution in [-0.4, -0.2) is 27.5 Å². The molecule has 1 aromatic heterocycles. The van der Waals surface area contributed by atoms with Crippen molar-refractivity contribution in [2.24, 2.45) is 5.41 Å². The number of pyridine rings is 1. The van der Waals surface area contributed by atoms with Crippen molar-refractivity contribution in [2.45, 2.75) is 19.8 Å². The van der Waals surface area contributed by atoms with Crippen LogP contribution in [0.5, 0.6) is 0 Å². The molecule has 0 aliphatic heterocycles. The van der Waals surface area contributed by atoms with Crippen LogP contribution in [0.1, 0.15) is 18.4 Å². The number of aliphatic carboxylic acids is 1. The Labute approximate surface area is 103 Å². The van der Waals surface area contributed by atoms with Crippen LogP contribution in [0.4, 0.5) is 11.5 Å². The van der Waals surface area contributed by atoms with E-state index >= 15 is 0 Å². The Bertz CT molecular complexity index is 511. The molecule has 1 aromatic rings. The molecule has 1 saturated carbocycles. The fraction of sp³-hybridized carbons (Fsp3) is 0.455. The number of aryl methyl sites for hydroxylation is 1. The average Bonchev–Trinajstić information content (AvgIpc) is 3.08. The minimum atomic E-state index is -0.811. The molecule has 0 spiro atoms. The smallest absolute Gasteiger partial charge is 0.311 e. The third kappa shape index (κ3) is 2.24. The first-order valence-corrected chi connectivity index (χ1v) is 5.53. The molecule has 0 amide bonds. The standard InChI is InChI=1S/C11H13N3O4/c1-7-4-8(14(17)18)5-12-9(7)13-6-11(2-3-11)10(15)16/h4-5H,2-3,6H2,1H3,(H,12,13)(H,15,16). The van der Waals surface area contributed by atoms with Gasteiger partial charge in [-0.2, -0.15) is 0 Å². The second-order valence-electron chi connectivity index (χ2n) is 4.56. The molecular formula is C11H13N3O4. The highest BCUT2D eigenvalue weighted by Gasteiger charge is 2.50. The van der Waals surface area contributed by atoms with Crippen molar-refractivity contribution in [1.29, 1.82) is 0 Å². The molecular weight excluding hydrogens is 238 g/mol. The number of nitrogens with zero attached hydrogens (tertiary/aromatic N) is 2. The van der Waals surface area contributed by atoms with Crippen LogP contribution in [0.15, 0.2) is 12.3 Å². The molecule has 0 bridgehead atoms. The maximum atomic E-state index is 11.0. The SMILES string of the molecule is Cc1cc([N+](=O)[O-])cnc1NCC1(C(=O)O)CC1. The molecule has 1 aliphatic carbocycles. The molecule has 0 unspecified atom stereocenters. The Balaban J connectivity index is 2.07. The van der Waals surface area contributed by atoms with Gasteiger partial charge in [0.2, 0.25) is 0 Å². The minimum absolute atomic E-state index is 0.0718. The lowest BCUT2D eigenvalue weighted by atomic mass is 10.1. The summed E-state index contributed by atoms with van der Waals surface area (Å²) in [4.78, 5) is 25.0. The lowest BCUT2D eigenvalue weighted by molar-refractivity contribution is -0.385. The summed E-state index contributed by atoms with van der Waals surface area (Å²) in [6, 6.07) is 1.41. The van der Waals surface area contributed by atoms with Crippen molar-refractivity contribution >= 4 is 17.5 Å². The Morgan fingerprint density at radius 3 is 2.78 bits per heavy atom. The average molecular weight is 251 g/mol. The van der Waals surface area contributed by atoms with E-state index in [9.17, 15) is 14.9 Å². The number of carboxylic acid groups (broad SMARTS) is 1. The summed E-state index contributed by atoms with van der Waals surface area (Å²) in [6.45, 7) is 2.00. The predicted molar refractivity (Wildman–Crippen MR) is 63.4 cm³/mol. The van der Waals surface area contributed by atoms with Gasteiger partial charge in [-0.1, -0.05) is 0 Å². The molecule has 18 heavy (non-hydrogen) atoms. The number of rotatable bonds is 5. The summed E-state index contributed by atoms with van der Waals surface area (Å²) < 4.78 is 0. The van der Waals surface area contributed by atoms with Gasteiger partial charge in [-0.15, -0.1) is 0 Å². The van der Waals surface area contributed by atoms with E-state index in [-0.39, 0.29) is 5.69 Å². The zero-order valence-electron chi connectivity index (χ0n) is 9.84. The molecule has 1 aliphatic rings. The number of anilines is 1. The lowest BCUT2D eigenvalue weighted by Gasteiger charge is -2.12. The zero-order valence-corrected chi connectivity index (χ0v) is 9.84. The van der Waals surface area contributed by atoms with Crippen molar-refractivity contribution in [3.8, 4) is 0 Å². The Morgan fingerprint density at radius 2 is 2.33 bits per heavy atom. The quantitative estimate of drug-likeness (QED) is 0.607. The highest BCUT2D eigenvalue weighted by atomic mass is 16.6. The van der Waals surface area contributed by atoms with Gasteiger partial charge >= 0.3 is 5.97 Å². The van der Waals surface area contributed by atoms with E-state index in [1.165, 1.54) is 6.07 Å². The minimum Gasteiger partial charge on any atom is -0.481 e. The second-order valence-corrected chi connectivity index (χ2v) is 4.56. The molecule has 2 N–H and O–H groups in total. The van der Waals surface area contributed by atoms with Crippen LogP contribution in [0.2, 0.25) is 0 Å². The number of carbonyl (C=O) groups is 1. The fourth-order valence-electron chi connectivity index (χ4n) is 1.71. The van der Waals surface area contributed by atoms with Gasteiger partial charge in [0.1, 0.15) is 12.0 Å². The number of aromatic nitrogens is 1. The molecule has 1 fully saturated rings. The summed E-state index contributed by atoms with van der Waals surface area (Å²) in [5.74, 6) is -0.317. The summed E-state index contributed by atoms with van der Waals surface area (Å²) in [7, 11) is 0. The largest absolute Gasteiger partial charge is 0.481 e. The van der Waals surface area contributed by atoms with E-state index < -0.39 is 16.3 Å². The highest BCUT2D eigenvalue weighted by molar-refractivity contribution is 5.78. The van der Waals surface area contributed by atoms with Crippen LogP contribution >= 0.6 is 0 Å². The third-order valence-electron chi connectivity index (χ3n) is 3.18. The zero-order chi connectivity index (χ0) is 13.3.